The van der Waals surface area contributed by atoms with Gasteiger partial charge in [-0.1, -0.05) is 65.8 Å². The van der Waals surface area contributed by atoms with Crippen molar-refractivity contribution in [2.24, 2.45) is 0 Å². The van der Waals surface area contributed by atoms with Crippen molar-refractivity contribution in [1.29, 1.82) is 0 Å². The van der Waals surface area contributed by atoms with Gasteiger partial charge in [-0.05, 0) is 43.3 Å². The topological polar surface area (TPSA) is 69.0 Å². The van der Waals surface area contributed by atoms with Crippen LogP contribution in [0, 0.1) is 0 Å². The molecule has 6 nitrogen and oxygen atoms in total. The lowest BCUT2D eigenvalue weighted by molar-refractivity contribution is -0.113. The van der Waals surface area contributed by atoms with Crippen LogP contribution >= 0.6 is 23.4 Å². The van der Waals surface area contributed by atoms with Crippen molar-refractivity contribution in [2.45, 2.75) is 18.6 Å². The first-order valence-electron chi connectivity index (χ1n) is 10.1. The van der Waals surface area contributed by atoms with E-state index in [0.29, 0.717) is 33.9 Å². The van der Waals surface area contributed by atoms with Gasteiger partial charge >= 0.3 is 0 Å². The number of carbonyl (C=O) groups excluding carboxylic acids is 1. The van der Waals surface area contributed by atoms with E-state index in [1.807, 2.05) is 90.4 Å². The molecule has 162 valence electrons. The summed E-state index contributed by atoms with van der Waals surface area (Å²) < 4.78 is 7.88. The van der Waals surface area contributed by atoms with Crippen LogP contribution in [0.1, 0.15) is 6.92 Å². The van der Waals surface area contributed by atoms with Crippen molar-refractivity contribution in [3.05, 3.63) is 83.9 Å². The first kappa shape index (κ1) is 21.9. The van der Waals surface area contributed by atoms with E-state index in [1.165, 1.54) is 11.8 Å². The molecule has 32 heavy (non-hydrogen) atoms. The van der Waals surface area contributed by atoms with E-state index < -0.39 is 0 Å². The Kier molecular flexibility index (Phi) is 7.09. The Morgan fingerprint density at radius 3 is 2.59 bits per heavy atom. The van der Waals surface area contributed by atoms with Crippen LogP contribution in [0.5, 0.6) is 11.5 Å². The van der Waals surface area contributed by atoms with Gasteiger partial charge in [0.2, 0.25) is 5.91 Å². The molecule has 1 heterocycles. The molecule has 0 aliphatic rings. The number of halogens is 1. The fraction of sp³-hybridized carbons (Fsp3) is 0.125. The van der Waals surface area contributed by atoms with Crippen LogP contribution in [-0.4, -0.2) is 26.4 Å². The van der Waals surface area contributed by atoms with Gasteiger partial charge in [-0.15, -0.1) is 10.2 Å². The molecule has 1 N–H and O–H groups in total. The smallest absolute Gasteiger partial charge is 0.234 e. The standard InChI is InChI=1S/C24H21ClN4O2S/c1-2-29-23(17-9-8-10-18(25)15-17)27-28-24(29)32-16-22(30)26-20-13-6-7-14-21(20)31-19-11-4-3-5-12-19/h3-15H,2,16H2,1H3,(H,26,30). The van der Waals surface area contributed by atoms with Crippen molar-refractivity contribution in [3.8, 4) is 22.9 Å². The van der Waals surface area contributed by atoms with Crippen LogP contribution in [0.2, 0.25) is 5.02 Å². The molecule has 0 aliphatic carbocycles. The Morgan fingerprint density at radius 2 is 1.81 bits per heavy atom. The Balaban J connectivity index is 1.43. The van der Waals surface area contributed by atoms with E-state index in [4.69, 9.17) is 16.3 Å². The van der Waals surface area contributed by atoms with Gasteiger partial charge < -0.3 is 14.6 Å². The summed E-state index contributed by atoms with van der Waals surface area (Å²) in [5.41, 5.74) is 1.49. The largest absolute Gasteiger partial charge is 0.455 e. The fourth-order valence-corrected chi connectivity index (χ4v) is 4.11. The summed E-state index contributed by atoms with van der Waals surface area (Å²) in [6, 6.07) is 24.3. The van der Waals surface area contributed by atoms with Crippen molar-refractivity contribution in [1.82, 2.24) is 14.8 Å². The van der Waals surface area contributed by atoms with Crippen LogP contribution in [0.4, 0.5) is 5.69 Å². The minimum atomic E-state index is -0.158. The second-order valence-corrected chi connectivity index (χ2v) is 8.19. The second kappa shape index (κ2) is 10.3. The predicted octanol–water partition coefficient (Wildman–Crippen LogP) is 6.14. The summed E-state index contributed by atoms with van der Waals surface area (Å²) in [5, 5.41) is 12.8. The summed E-state index contributed by atoms with van der Waals surface area (Å²) >= 11 is 7.45. The molecule has 0 atom stereocenters. The molecule has 1 amide bonds. The molecule has 8 heteroatoms. The number of hydrogen-bond donors (Lipinski definition) is 1. The summed E-state index contributed by atoms with van der Waals surface area (Å²) in [5.74, 6) is 2.03. The maximum Gasteiger partial charge on any atom is 0.234 e. The molecule has 1 aromatic heterocycles. The Labute approximate surface area is 195 Å². The number of benzene rings is 3. The van der Waals surface area contributed by atoms with Gasteiger partial charge in [0.25, 0.3) is 0 Å². The molecular formula is C24H21ClN4O2S. The predicted molar refractivity (Wildman–Crippen MR) is 128 cm³/mol. The highest BCUT2D eigenvalue weighted by Gasteiger charge is 2.16. The molecular weight excluding hydrogens is 444 g/mol. The highest BCUT2D eigenvalue weighted by molar-refractivity contribution is 7.99. The Morgan fingerprint density at radius 1 is 1.03 bits per heavy atom. The lowest BCUT2D eigenvalue weighted by Crippen LogP contribution is -2.15. The lowest BCUT2D eigenvalue weighted by atomic mass is 10.2. The van der Waals surface area contributed by atoms with E-state index in [9.17, 15) is 4.79 Å². The lowest BCUT2D eigenvalue weighted by Gasteiger charge is -2.12. The summed E-state index contributed by atoms with van der Waals surface area (Å²) in [7, 11) is 0. The number of para-hydroxylation sites is 3. The number of nitrogens with zero attached hydrogens (tertiary/aromatic N) is 3. The van der Waals surface area contributed by atoms with Crippen LogP contribution in [-0.2, 0) is 11.3 Å². The average molecular weight is 465 g/mol. The van der Waals surface area contributed by atoms with Crippen molar-refractivity contribution < 1.29 is 9.53 Å². The van der Waals surface area contributed by atoms with E-state index in [2.05, 4.69) is 15.5 Å². The third-order valence-electron chi connectivity index (χ3n) is 4.58. The van der Waals surface area contributed by atoms with Gasteiger partial charge in [0.05, 0.1) is 11.4 Å². The molecule has 0 bridgehead atoms. The first-order chi connectivity index (χ1) is 15.6. The number of carbonyl (C=O) groups is 1. The van der Waals surface area contributed by atoms with Crippen LogP contribution in [0.3, 0.4) is 0 Å². The molecule has 0 aliphatic heterocycles. The number of thioether (sulfide) groups is 1. The van der Waals surface area contributed by atoms with E-state index >= 15 is 0 Å². The molecule has 0 saturated heterocycles. The molecule has 3 aromatic carbocycles. The Hall–Kier alpha value is -3.29. The van der Waals surface area contributed by atoms with Gasteiger partial charge in [-0.25, -0.2) is 0 Å². The number of amides is 1. The molecule has 0 spiro atoms. The zero-order chi connectivity index (χ0) is 22.3. The monoisotopic (exact) mass is 464 g/mol. The Bertz CT molecular complexity index is 1210. The minimum absolute atomic E-state index is 0.158. The number of nitrogens with one attached hydrogen (secondary N) is 1. The summed E-state index contributed by atoms with van der Waals surface area (Å²) in [6.45, 7) is 2.69. The summed E-state index contributed by atoms with van der Waals surface area (Å²) in [4.78, 5) is 12.6. The third kappa shape index (κ3) is 5.30. The maximum atomic E-state index is 12.6. The quantitative estimate of drug-likeness (QED) is 0.317. The van der Waals surface area contributed by atoms with E-state index in [0.717, 1.165) is 11.4 Å². The number of aromatic nitrogens is 3. The second-order valence-electron chi connectivity index (χ2n) is 6.81. The van der Waals surface area contributed by atoms with Crippen LogP contribution in [0.15, 0.2) is 84.0 Å². The molecule has 4 rings (SSSR count). The summed E-state index contributed by atoms with van der Waals surface area (Å²) in [6.07, 6.45) is 0. The van der Waals surface area contributed by atoms with Gasteiger partial charge in [-0.2, -0.15) is 0 Å². The molecule has 0 saturated carbocycles. The molecule has 4 aromatic rings. The average Bonchev–Trinajstić information content (AvgIpc) is 3.23. The minimum Gasteiger partial charge on any atom is -0.455 e. The fourth-order valence-electron chi connectivity index (χ4n) is 3.11. The highest BCUT2D eigenvalue weighted by atomic mass is 35.5. The van der Waals surface area contributed by atoms with Crippen molar-refractivity contribution >= 4 is 35.0 Å². The maximum absolute atomic E-state index is 12.6. The molecule has 0 fully saturated rings. The number of hydrogen-bond acceptors (Lipinski definition) is 5. The number of ether oxygens (including phenoxy) is 1. The van der Waals surface area contributed by atoms with Gasteiger partial charge in [-0.3, -0.25) is 4.79 Å². The normalized spacial score (nSPS) is 10.7. The number of anilines is 1. The SMILES string of the molecule is CCn1c(SCC(=O)Nc2ccccc2Oc2ccccc2)nnc1-c1cccc(Cl)c1. The third-order valence-corrected chi connectivity index (χ3v) is 5.78. The molecule has 0 radical (unpaired) electrons. The molecule has 0 unspecified atom stereocenters. The van der Waals surface area contributed by atoms with Gasteiger partial charge in [0.1, 0.15) is 5.75 Å². The van der Waals surface area contributed by atoms with Crippen LogP contribution < -0.4 is 10.1 Å². The van der Waals surface area contributed by atoms with Gasteiger partial charge in [0, 0.05) is 17.1 Å². The number of rotatable bonds is 8. The van der Waals surface area contributed by atoms with E-state index in [-0.39, 0.29) is 11.7 Å². The highest BCUT2D eigenvalue weighted by Crippen LogP contribution is 2.30. The first-order valence-corrected chi connectivity index (χ1v) is 11.4. The van der Waals surface area contributed by atoms with Crippen LogP contribution in [0.25, 0.3) is 11.4 Å². The van der Waals surface area contributed by atoms with E-state index in [1.54, 1.807) is 0 Å². The zero-order valence-electron chi connectivity index (χ0n) is 17.4. The van der Waals surface area contributed by atoms with Crippen molar-refractivity contribution in [3.63, 3.8) is 0 Å². The van der Waals surface area contributed by atoms with Gasteiger partial charge in [0.15, 0.2) is 16.7 Å². The van der Waals surface area contributed by atoms with Crippen molar-refractivity contribution in [2.75, 3.05) is 11.1 Å². The zero-order valence-corrected chi connectivity index (χ0v) is 18.9.